The number of rotatable bonds is 17. The average molecular weight is 611 g/mol. The van der Waals surface area contributed by atoms with Crippen molar-refractivity contribution in [3.05, 3.63) is 12.2 Å². The first-order valence-corrected chi connectivity index (χ1v) is 21.7. The van der Waals surface area contributed by atoms with E-state index in [-0.39, 0.29) is 58.1 Å². The maximum absolute atomic E-state index is 13.4. The number of carbonyl (C=O) groups excluding carboxylic acids is 3. The molecule has 1 aliphatic rings. The third kappa shape index (κ3) is 12.2. The Morgan fingerprint density at radius 3 is 2.05 bits per heavy atom. The molecule has 0 radical (unpaired) electrons. The van der Waals surface area contributed by atoms with Crippen molar-refractivity contribution < 1.29 is 28.0 Å². The number of methoxy groups -OCH3 is 1. The van der Waals surface area contributed by atoms with E-state index in [1.54, 1.807) is 0 Å². The zero-order chi connectivity index (χ0) is 31.6. The highest BCUT2D eigenvalue weighted by molar-refractivity contribution is 6.74. The van der Waals surface area contributed by atoms with Gasteiger partial charge in [0, 0.05) is 37.5 Å². The van der Waals surface area contributed by atoms with Crippen LogP contribution in [0.25, 0.3) is 0 Å². The molecule has 41 heavy (non-hydrogen) atoms. The summed E-state index contributed by atoms with van der Waals surface area (Å²) >= 11 is 0. The fraction of sp³-hybridized carbons (Fsp3) is 0.848. The van der Waals surface area contributed by atoms with Crippen molar-refractivity contribution in [1.82, 2.24) is 0 Å². The van der Waals surface area contributed by atoms with Crippen LogP contribution in [-0.4, -0.2) is 53.5 Å². The molecule has 1 fully saturated rings. The molecular weight excluding hydrogens is 549 g/mol. The number of ether oxygens (including phenoxy) is 1. The van der Waals surface area contributed by atoms with E-state index in [2.05, 4.69) is 86.8 Å². The zero-order valence-corrected chi connectivity index (χ0v) is 30.5. The van der Waals surface area contributed by atoms with E-state index >= 15 is 0 Å². The third-order valence-electron chi connectivity index (χ3n) is 9.62. The molecule has 0 aliphatic heterocycles. The Bertz CT molecular complexity index is 881. The van der Waals surface area contributed by atoms with Crippen LogP contribution in [0.2, 0.25) is 36.3 Å². The first kappa shape index (κ1) is 37.9. The lowest BCUT2D eigenvalue weighted by atomic mass is 9.88. The minimum absolute atomic E-state index is 0.0126. The van der Waals surface area contributed by atoms with Crippen LogP contribution in [0.4, 0.5) is 0 Å². The van der Waals surface area contributed by atoms with Gasteiger partial charge in [0.25, 0.3) is 0 Å². The van der Waals surface area contributed by atoms with Crippen molar-refractivity contribution in [1.29, 1.82) is 0 Å². The molecule has 8 heteroatoms. The summed E-state index contributed by atoms with van der Waals surface area (Å²) in [5.74, 6) is -0.575. The van der Waals surface area contributed by atoms with Crippen LogP contribution < -0.4 is 0 Å². The van der Waals surface area contributed by atoms with Crippen LogP contribution in [0.3, 0.4) is 0 Å². The van der Waals surface area contributed by atoms with Crippen molar-refractivity contribution in [2.75, 3.05) is 7.11 Å². The second kappa shape index (κ2) is 16.1. The smallest absolute Gasteiger partial charge is 0.305 e. The molecule has 1 rings (SSSR count). The van der Waals surface area contributed by atoms with Gasteiger partial charge in [-0.05, 0) is 55.5 Å². The average Bonchev–Trinajstić information content (AvgIpc) is 3.11. The number of Topliss-reactive ketones (excluding diaryl/α,β-unsaturated/α-hetero) is 2. The second-order valence-corrected chi connectivity index (χ2v) is 24.6. The zero-order valence-electron chi connectivity index (χ0n) is 28.5. The standard InChI is InChI=1S/C33H62O6Si2/c1-13-14-15-19-26(38-40(9,10)32(2,3)4)21-22-27-28(23-25(34)18-16-17-20-31(36)37-8)29(35)24-30(27)39-41(11,12)33(5,6)7/h21-22,26-28,30H,13-20,23-24H2,1-12H3/b22-21+/t26-,27-,28-,30-/m1/s1. The van der Waals surface area contributed by atoms with Crippen LogP contribution in [0, 0.1) is 11.8 Å². The van der Waals surface area contributed by atoms with Gasteiger partial charge in [-0.2, -0.15) is 0 Å². The topological polar surface area (TPSA) is 78.9 Å². The van der Waals surface area contributed by atoms with E-state index < -0.39 is 16.6 Å². The van der Waals surface area contributed by atoms with Gasteiger partial charge in [0.05, 0.1) is 19.3 Å². The molecule has 1 saturated carbocycles. The maximum Gasteiger partial charge on any atom is 0.305 e. The Morgan fingerprint density at radius 2 is 1.51 bits per heavy atom. The molecular formula is C33H62O6Si2. The molecule has 238 valence electrons. The van der Waals surface area contributed by atoms with E-state index in [0.717, 1.165) is 25.7 Å². The molecule has 0 aromatic rings. The van der Waals surface area contributed by atoms with Crippen LogP contribution in [0.15, 0.2) is 12.2 Å². The first-order valence-electron chi connectivity index (χ1n) is 15.9. The van der Waals surface area contributed by atoms with Crippen LogP contribution in [-0.2, 0) is 28.0 Å². The predicted octanol–water partition coefficient (Wildman–Crippen LogP) is 8.80. The summed E-state index contributed by atoms with van der Waals surface area (Å²) in [6.07, 6.45) is 11.0. The highest BCUT2D eigenvalue weighted by atomic mass is 28.4. The Hall–Kier alpha value is -1.10. The Labute approximate surface area is 254 Å². The van der Waals surface area contributed by atoms with Crippen molar-refractivity contribution in [2.45, 2.75) is 161 Å². The normalized spacial score (nSPS) is 21.5. The summed E-state index contributed by atoms with van der Waals surface area (Å²) < 4.78 is 18.4. The summed E-state index contributed by atoms with van der Waals surface area (Å²) in [5, 5.41) is 0.121. The van der Waals surface area contributed by atoms with Gasteiger partial charge in [-0.1, -0.05) is 79.9 Å². The lowest BCUT2D eigenvalue weighted by molar-refractivity contribution is -0.140. The Morgan fingerprint density at radius 1 is 0.927 bits per heavy atom. The Balaban J connectivity index is 3.23. The van der Waals surface area contributed by atoms with Gasteiger partial charge >= 0.3 is 5.97 Å². The number of hydrogen-bond acceptors (Lipinski definition) is 6. The summed E-state index contributed by atoms with van der Waals surface area (Å²) in [5.41, 5.74) is 0. The van der Waals surface area contributed by atoms with Gasteiger partial charge in [-0.25, -0.2) is 0 Å². The Kier molecular flexibility index (Phi) is 14.9. The first-order chi connectivity index (χ1) is 18.8. The lowest BCUT2D eigenvalue weighted by Crippen LogP contribution is -2.45. The molecule has 6 nitrogen and oxygen atoms in total. The monoisotopic (exact) mass is 610 g/mol. The van der Waals surface area contributed by atoms with E-state index in [4.69, 9.17) is 13.6 Å². The molecule has 0 heterocycles. The van der Waals surface area contributed by atoms with Crippen LogP contribution in [0.1, 0.15) is 113 Å². The molecule has 0 saturated heterocycles. The van der Waals surface area contributed by atoms with Crippen molar-refractivity contribution in [3.8, 4) is 0 Å². The van der Waals surface area contributed by atoms with E-state index in [1.807, 2.05) is 0 Å². The molecule has 4 atom stereocenters. The number of carbonyl (C=O) groups is 3. The SMILES string of the molecule is CCCCC[C@H](/C=C/[C@H]1[C@H](O[Si](C)(C)C(C)(C)C)CC(=O)[C@@H]1CC(=O)CCCCC(=O)OC)O[Si](C)(C)C(C)(C)C. The van der Waals surface area contributed by atoms with Gasteiger partial charge in [-0.15, -0.1) is 0 Å². The molecule has 0 bridgehead atoms. The maximum atomic E-state index is 13.4. The van der Waals surface area contributed by atoms with Crippen molar-refractivity contribution in [3.63, 3.8) is 0 Å². The van der Waals surface area contributed by atoms with Crippen LogP contribution in [0.5, 0.6) is 0 Å². The van der Waals surface area contributed by atoms with E-state index in [1.165, 1.54) is 7.11 Å². The minimum atomic E-state index is -2.14. The second-order valence-electron chi connectivity index (χ2n) is 15.1. The number of unbranched alkanes of at least 4 members (excludes halogenated alkanes) is 3. The van der Waals surface area contributed by atoms with E-state index in [0.29, 0.717) is 32.1 Å². The largest absolute Gasteiger partial charge is 0.469 e. The minimum Gasteiger partial charge on any atom is -0.469 e. The van der Waals surface area contributed by atoms with Crippen LogP contribution >= 0.6 is 0 Å². The fourth-order valence-electron chi connectivity index (χ4n) is 4.78. The van der Waals surface area contributed by atoms with Gasteiger partial charge in [-0.3, -0.25) is 14.4 Å². The summed E-state index contributed by atoms with van der Waals surface area (Å²) in [6.45, 7) is 24.7. The fourth-order valence-corrected chi connectivity index (χ4v) is 7.44. The quantitative estimate of drug-likeness (QED) is 0.0709. The summed E-state index contributed by atoms with van der Waals surface area (Å²) in [6, 6.07) is 0. The summed E-state index contributed by atoms with van der Waals surface area (Å²) in [7, 11) is -2.76. The van der Waals surface area contributed by atoms with E-state index in [9.17, 15) is 14.4 Å². The number of hydrogen-bond donors (Lipinski definition) is 0. The highest BCUT2D eigenvalue weighted by Crippen LogP contribution is 2.43. The van der Waals surface area contributed by atoms with Gasteiger partial charge in [0.15, 0.2) is 16.6 Å². The molecule has 0 aromatic carbocycles. The molecule has 0 amide bonds. The molecule has 0 N–H and O–H groups in total. The van der Waals surface area contributed by atoms with Crippen molar-refractivity contribution >= 4 is 34.2 Å². The lowest BCUT2D eigenvalue weighted by Gasteiger charge is -2.40. The number of ketones is 2. The van der Waals surface area contributed by atoms with Gasteiger partial charge in [0.1, 0.15) is 11.6 Å². The number of esters is 1. The third-order valence-corrected chi connectivity index (χ3v) is 18.6. The summed E-state index contributed by atoms with van der Waals surface area (Å²) in [4.78, 5) is 37.8. The molecule has 0 unspecified atom stereocenters. The molecule has 1 aliphatic carbocycles. The molecule has 0 spiro atoms. The van der Waals surface area contributed by atoms with Gasteiger partial charge in [0.2, 0.25) is 0 Å². The highest BCUT2D eigenvalue weighted by Gasteiger charge is 2.47. The van der Waals surface area contributed by atoms with Crippen molar-refractivity contribution in [2.24, 2.45) is 11.8 Å². The molecule has 0 aromatic heterocycles. The predicted molar refractivity (Wildman–Crippen MR) is 174 cm³/mol. The van der Waals surface area contributed by atoms with Gasteiger partial charge < -0.3 is 13.6 Å².